The van der Waals surface area contributed by atoms with Gasteiger partial charge in [-0.3, -0.25) is 9.69 Å². The van der Waals surface area contributed by atoms with Crippen molar-refractivity contribution in [2.24, 2.45) is 5.92 Å². The number of carbonyl (C=O) groups is 1. The van der Waals surface area contributed by atoms with Crippen molar-refractivity contribution < 1.29 is 13.7 Å². The summed E-state index contributed by atoms with van der Waals surface area (Å²) in [4.78, 5) is 21.3. The predicted molar refractivity (Wildman–Crippen MR) is 120 cm³/mol. The van der Waals surface area contributed by atoms with Gasteiger partial charge in [0.15, 0.2) is 0 Å². The van der Waals surface area contributed by atoms with Crippen LogP contribution < -0.4 is 10.2 Å². The minimum absolute atomic E-state index is 0.0331. The minimum Gasteiger partial charge on any atom is -0.373 e. The van der Waals surface area contributed by atoms with Gasteiger partial charge >= 0.3 is 0 Å². The molecule has 1 amide bonds. The molecule has 0 radical (unpaired) electrons. The molecule has 1 aliphatic rings. The Morgan fingerprint density at radius 1 is 1.16 bits per heavy atom. The Morgan fingerprint density at radius 2 is 1.88 bits per heavy atom. The number of hydrogen-bond acceptors (Lipinski definition) is 6. The number of hydrogen-bond donors (Lipinski definition) is 1. The molecule has 0 aliphatic carbocycles. The first kappa shape index (κ1) is 22.0. The van der Waals surface area contributed by atoms with Crippen molar-refractivity contribution in [2.75, 3.05) is 38.1 Å². The Balaban J connectivity index is 1.19. The van der Waals surface area contributed by atoms with Crippen LogP contribution in [0, 0.1) is 11.7 Å². The predicted octanol–water partition coefficient (Wildman–Crippen LogP) is 3.34. The third-order valence-corrected chi connectivity index (χ3v) is 5.83. The Hall–Kier alpha value is -3.26. The van der Waals surface area contributed by atoms with Crippen molar-refractivity contribution in [2.45, 2.75) is 19.4 Å². The highest BCUT2D eigenvalue weighted by Gasteiger charge is 2.26. The van der Waals surface area contributed by atoms with E-state index in [-0.39, 0.29) is 17.6 Å². The lowest BCUT2D eigenvalue weighted by molar-refractivity contribution is -0.126. The molecule has 0 bridgehead atoms. The van der Waals surface area contributed by atoms with Crippen molar-refractivity contribution in [3.8, 4) is 11.4 Å². The molecule has 1 fully saturated rings. The zero-order chi connectivity index (χ0) is 22.3. The molecule has 0 atom stereocenters. The van der Waals surface area contributed by atoms with E-state index in [4.69, 9.17) is 4.52 Å². The second-order valence-electron chi connectivity index (χ2n) is 8.12. The number of carbonyl (C=O) groups excluding carboxylic acids is 1. The standard InChI is InChI=1S/C24H28FN5O2/c1-29(21-5-3-2-4-6-21)16-13-26-24(31)19-11-14-30(15-12-19)17-22-27-23(28-32-22)18-7-9-20(25)10-8-18/h2-10,19H,11-17H2,1H3,(H,26,31). The average molecular weight is 438 g/mol. The Labute approximate surface area is 187 Å². The average Bonchev–Trinajstić information content (AvgIpc) is 3.29. The van der Waals surface area contributed by atoms with E-state index in [1.54, 1.807) is 12.1 Å². The fraction of sp³-hybridized carbons (Fsp3) is 0.375. The second kappa shape index (κ2) is 10.4. The van der Waals surface area contributed by atoms with Crippen LogP contribution in [0.1, 0.15) is 18.7 Å². The lowest BCUT2D eigenvalue weighted by atomic mass is 9.96. The van der Waals surface area contributed by atoms with E-state index < -0.39 is 0 Å². The van der Waals surface area contributed by atoms with Crippen LogP contribution in [-0.2, 0) is 11.3 Å². The maximum atomic E-state index is 13.1. The zero-order valence-corrected chi connectivity index (χ0v) is 18.2. The first-order valence-corrected chi connectivity index (χ1v) is 10.9. The fourth-order valence-electron chi connectivity index (χ4n) is 3.88. The van der Waals surface area contributed by atoms with Crippen molar-refractivity contribution in [1.29, 1.82) is 0 Å². The molecule has 168 valence electrons. The van der Waals surface area contributed by atoms with Gasteiger partial charge in [-0.2, -0.15) is 4.98 Å². The second-order valence-corrected chi connectivity index (χ2v) is 8.12. The van der Waals surface area contributed by atoms with E-state index >= 15 is 0 Å². The van der Waals surface area contributed by atoms with Crippen LogP contribution in [0.3, 0.4) is 0 Å². The van der Waals surface area contributed by atoms with Crippen LogP contribution in [-0.4, -0.2) is 54.2 Å². The van der Waals surface area contributed by atoms with Crippen molar-refractivity contribution in [1.82, 2.24) is 20.4 Å². The quantitative estimate of drug-likeness (QED) is 0.583. The molecule has 0 spiro atoms. The SMILES string of the molecule is CN(CCNC(=O)C1CCN(Cc2nc(-c3ccc(F)cc3)no2)CC1)c1ccccc1. The van der Waals surface area contributed by atoms with Gasteiger partial charge in [0.05, 0.1) is 6.54 Å². The van der Waals surface area contributed by atoms with Crippen molar-refractivity contribution >= 4 is 11.6 Å². The van der Waals surface area contributed by atoms with Crippen molar-refractivity contribution in [3.05, 3.63) is 66.3 Å². The lowest BCUT2D eigenvalue weighted by Gasteiger charge is -2.30. The van der Waals surface area contributed by atoms with Gasteiger partial charge in [-0.15, -0.1) is 0 Å². The molecule has 4 rings (SSSR count). The van der Waals surface area contributed by atoms with Gasteiger partial charge < -0.3 is 14.7 Å². The van der Waals surface area contributed by atoms with Crippen molar-refractivity contribution in [3.63, 3.8) is 0 Å². The summed E-state index contributed by atoms with van der Waals surface area (Å²) in [5, 5.41) is 7.07. The topological polar surface area (TPSA) is 74.5 Å². The third-order valence-electron chi connectivity index (χ3n) is 5.83. The fourth-order valence-corrected chi connectivity index (χ4v) is 3.88. The summed E-state index contributed by atoms with van der Waals surface area (Å²) in [6, 6.07) is 16.1. The Bertz CT molecular complexity index is 1000. The summed E-state index contributed by atoms with van der Waals surface area (Å²) in [5.74, 6) is 0.840. The monoisotopic (exact) mass is 437 g/mol. The van der Waals surface area contributed by atoms with E-state index in [0.717, 1.165) is 43.7 Å². The highest BCUT2D eigenvalue weighted by molar-refractivity contribution is 5.78. The number of nitrogens with one attached hydrogen (secondary N) is 1. The van der Waals surface area contributed by atoms with Crippen LogP contribution in [0.5, 0.6) is 0 Å². The van der Waals surface area contributed by atoms with Crippen LogP contribution in [0.15, 0.2) is 59.1 Å². The smallest absolute Gasteiger partial charge is 0.241 e. The van der Waals surface area contributed by atoms with Crippen LogP contribution in [0.2, 0.25) is 0 Å². The summed E-state index contributed by atoms with van der Waals surface area (Å²) in [6.07, 6.45) is 1.61. The largest absolute Gasteiger partial charge is 0.373 e. The van der Waals surface area contributed by atoms with Crippen LogP contribution in [0.25, 0.3) is 11.4 Å². The van der Waals surface area contributed by atoms with E-state index in [2.05, 4.69) is 37.4 Å². The van der Waals surface area contributed by atoms with Crippen LogP contribution in [0.4, 0.5) is 10.1 Å². The summed E-state index contributed by atoms with van der Waals surface area (Å²) >= 11 is 0. The van der Waals surface area contributed by atoms with Gasteiger partial charge in [0.2, 0.25) is 17.6 Å². The molecular weight excluding hydrogens is 409 g/mol. The lowest BCUT2D eigenvalue weighted by Crippen LogP contribution is -2.42. The van der Waals surface area contributed by atoms with E-state index in [9.17, 15) is 9.18 Å². The third kappa shape index (κ3) is 5.70. The number of aromatic nitrogens is 2. The highest BCUT2D eigenvalue weighted by Crippen LogP contribution is 2.21. The molecule has 0 unspecified atom stereocenters. The number of benzene rings is 2. The molecule has 1 saturated heterocycles. The first-order chi connectivity index (χ1) is 15.6. The number of amides is 1. The molecule has 32 heavy (non-hydrogen) atoms. The van der Waals surface area contributed by atoms with Gasteiger partial charge in [0, 0.05) is 37.3 Å². The normalized spacial score (nSPS) is 14.9. The molecule has 2 heterocycles. The molecule has 3 aromatic rings. The van der Waals surface area contributed by atoms with Gasteiger partial charge in [-0.1, -0.05) is 23.4 Å². The first-order valence-electron chi connectivity index (χ1n) is 10.9. The Kier molecular flexibility index (Phi) is 7.11. The number of likely N-dealkylation sites (N-methyl/N-ethyl adjacent to an activating group) is 1. The molecule has 1 aromatic heterocycles. The van der Waals surface area contributed by atoms with E-state index in [0.29, 0.717) is 24.8 Å². The molecule has 1 N–H and O–H groups in total. The molecule has 0 saturated carbocycles. The number of halogens is 1. The van der Waals surface area contributed by atoms with Gasteiger partial charge in [-0.05, 0) is 62.3 Å². The number of para-hydroxylation sites is 1. The zero-order valence-electron chi connectivity index (χ0n) is 18.2. The van der Waals surface area contributed by atoms with Crippen LogP contribution >= 0.6 is 0 Å². The number of nitrogens with zero attached hydrogens (tertiary/aromatic N) is 4. The minimum atomic E-state index is -0.299. The summed E-state index contributed by atoms with van der Waals surface area (Å²) in [6.45, 7) is 3.54. The molecule has 1 aliphatic heterocycles. The highest BCUT2D eigenvalue weighted by atomic mass is 19.1. The number of anilines is 1. The van der Waals surface area contributed by atoms with Gasteiger partial charge in [0.25, 0.3) is 0 Å². The summed E-state index contributed by atoms with van der Waals surface area (Å²) in [5.41, 5.74) is 1.85. The number of likely N-dealkylation sites (tertiary alicyclic amines) is 1. The van der Waals surface area contributed by atoms with Gasteiger partial charge in [-0.25, -0.2) is 4.39 Å². The molecule has 8 heteroatoms. The maximum absolute atomic E-state index is 13.1. The van der Waals surface area contributed by atoms with E-state index in [1.807, 2.05) is 25.2 Å². The Morgan fingerprint density at radius 3 is 2.59 bits per heavy atom. The molecule has 2 aromatic carbocycles. The number of piperidine rings is 1. The van der Waals surface area contributed by atoms with Gasteiger partial charge in [0.1, 0.15) is 5.82 Å². The van der Waals surface area contributed by atoms with E-state index in [1.165, 1.54) is 12.1 Å². The molecule has 7 nitrogen and oxygen atoms in total. The molecular formula is C24H28FN5O2. The summed E-state index contributed by atoms with van der Waals surface area (Å²) < 4.78 is 18.4. The summed E-state index contributed by atoms with van der Waals surface area (Å²) in [7, 11) is 2.03. The maximum Gasteiger partial charge on any atom is 0.241 e. The number of rotatable bonds is 8.